The Balaban J connectivity index is 0.000000583. The van der Waals surface area contributed by atoms with Crippen LogP contribution >= 0.6 is 0 Å². The fourth-order valence-corrected chi connectivity index (χ4v) is 0.754. The van der Waals surface area contributed by atoms with Crippen LogP contribution in [-0.2, 0) is 4.79 Å². The first kappa shape index (κ1) is 12.8. The van der Waals surface area contributed by atoms with Gasteiger partial charge in [-0.3, -0.25) is 0 Å². The molecule has 0 amide bonds. The van der Waals surface area contributed by atoms with E-state index >= 15 is 0 Å². The van der Waals surface area contributed by atoms with Crippen LogP contribution in [-0.4, -0.2) is 17.2 Å². The van der Waals surface area contributed by atoms with Crippen molar-refractivity contribution in [1.82, 2.24) is 0 Å². The van der Waals surface area contributed by atoms with Gasteiger partial charge in [0.2, 0.25) is 0 Å². The number of rotatable bonds is 3. The van der Waals surface area contributed by atoms with Gasteiger partial charge in [0.05, 0.1) is 0 Å². The number of nitrogens with two attached hydrogens (primary N) is 1. The molecule has 0 heterocycles. The van der Waals surface area contributed by atoms with Crippen LogP contribution in [0.4, 0.5) is 0 Å². The lowest BCUT2D eigenvalue weighted by molar-refractivity contribution is -0.144. The van der Waals surface area contributed by atoms with Crippen LogP contribution in [0.2, 0.25) is 0 Å². The molecule has 0 aromatic heterocycles. The maximum absolute atomic E-state index is 10.4. The number of aliphatic carboxylic acids is 1. The molecule has 1 aromatic rings. The maximum atomic E-state index is 10.4. The molecule has 0 fully saturated rings. The lowest BCUT2D eigenvalue weighted by Crippen LogP contribution is -2.22. The first-order valence-corrected chi connectivity index (χ1v) is 4.16. The Morgan fingerprint density at radius 2 is 2.00 bits per heavy atom. The molecule has 1 atom stereocenters. The largest absolute Gasteiger partial charge is 0.479 e. The van der Waals surface area contributed by atoms with E-state index in [4.69, 9.17) is 15.1 Å². The second-order valence-electron chi connectivity index (χ2n) is 2.54. The van der Waals surface area contributed by atoms with Crippen molar-refractivity contribution in [3.63, 3.8) is 0 Å². The highest BCUT2D eigenvalue weighted by Crippen LogP contribution is 2.10. The monoisotopic (exact) mass is 208 g/mol. The third-order valence-corrected chi connectivity index (χ3v) is 1.40. The molecule has 15 heavy (non-hydrogen) atoms. The quantitative estimate of drug-likeness (QED) is 0.569. The molecule has 5 heteroatoms. The molecular weight excluding hydrogens is 196 g/mol. The van der Waals surface area contributed by atoms with Gasteiger partial charge < -0.3 is 15.6 Å². The van der Waals surface area contributed by atoms with Gasteiger partial charge in [0.25, 0.3) is 0 Å². The fourth-order valence-electron chi connectivity index (χ4n) is 0.754. The third-order valence-electron chi connectivity index (χ3n) is 1.40. The molecule has 0 aliphatic heterocycles. The summed E-state index contributed by atoms with van der Waals surface area (Å²) in [5, 5.41) is 15.6. The number of hydrogen-bond acceptors (Lipinski definition) is 4. The highest BCUT2D eigenvalue weighted by molar-refractivity contribution is 5.72. The minimum Gasteiger partial charge on any atom is -0.479 e. The topological polar surface area (TPSA) is 96.3 Å². The average molecular weight is 208 g/mol. The Morgan fingerprint density at radius 3 is 2.40 bits per heavy atom. The SMILES string of the molecule is CC(Oc1ccccc1)C(=O)O.N#CN. The number of ether oxygens (including phenoxy) is 1. The van der Waals surface area contributed by atoms with Gasteiger partial charge in [-0.2, -0.15) is 5.26 Å². The van der Waals surface area contributed by atoms with Crippen molar-refractivity contribution in [2.24, 2.45) is 5.73 Å². The second kappa shape index (κ2) is 7.21. The Morgan fingerprint density at radius 1 is 1.53 bits per heavy atom. The highest BCUT2D eigenvalue weighted by atomic mass is 16.5. The molecule has 3 N–H and O–H groups in total. The number of para-hydroxylation sites is 1. The molecule has 80 valence electrons. The minimum atomic E-state index is -0.959. The Hall–Kier alpha value is -2.22. The summed E-state index contributed by atoms with van der Waals surface area (Å²) in [6, 6.07) is 8.88. The lowest BCUT2D eigenvalue weighted by atomic mass is 10.3. The number of hydrogen-bond donors (Lipinski definition) is 2. The standard InChI is InChI=1S/C9H10O3.CH2N2/c1-7(9(10)11)12-8-5-3-2-4-6-8;2-1-3/h2-7H,1H3,(H,10,11);2H2. The van der Waals surface area contributed by atoms with E-state index in [1.165, 1.54) is 13.1 Å². The van der Waals surface area contributed by atoms with E-state index in [1.54, 1.807) is 24.3 Å². The van der Waals surface area contributed by atoms with Gasteiger partial charge in [0.15, 0.2) is 12.3 Å². The minimum absolute atomic E-state index is 0.576. The van der Waals surface area contributed by atoms with E-state index < -0.39 is 12.1 Å². The smallest absolute Gasteiger partial charge is 0.344 e. The zero-order chi connectivity index (χ0) is 11.7. The number of nitrogens with zero attached hydrogens (tertiary/aromatic N) is 1. The molecule has 0 aliphatic carbocycles. The van der Waals surface area contributed by atoms with E-state index in [1.807, 2.05) is 6.07 Å². The van der Waals surface area contributed by atoms with E-state index in [2.05, 4.69) is 5.73 Å². The summed E-state index contributed by atoms with van der Waals surface area (Å²) in [7, 11) is 0. The zero-order valence-electron chi connectivity index (χ0n) is 8.25. The van der Waals surface area contributed by atoms with Gasteiger partial charge in [-0.05, 0) is 19.1 Å². The van der Waals surface area contributed by atoms with E-state index in [-0.39, 0.29) is 0 Å². The number of benzene rings is 1. The van der Waals surface area contributed by atoms with Crippen LogP contribution in [0, 0.1) is 11.5 Å². The summed E-state index contributed by atoms with van der Waals surface area (Å²) in [4.78, 5) is 10.4. The maximum Gasteiger partial charge on any atom is 0.344 e. The van der Waals surface area contributed by atoms with E-state index in [0.29, 0.717) is 5.75 Å². The van der Waals surface area contributed by atoms with Crippen molar-refractivity contribution >= 4 is 5.97 Å². The molecule has 0 saturated carbocycles. The number of carbonyl (C=O) groups is 1. The van der Waals surface area contributed by atoms with Crippen LogP contribution < -0.4 is 10.5 Å². The number of carboxylic acids is 1. The molecule has 0 saturated heterocycles. The van der Waals surface area contributed by atoms with Gasteiger partial charge in [-0.25, -0.2) is 4.79 Å². The normalized spacial score (nSPS) is 10.1. The Labute approximate surface area is 87.7 Å². The third kappa shape index (κ3) is 5.93. The molecule has 0 radical (unpaired) electrons. The molecule has 1 rings (SSSR count). The molecule has 5 nitrogen and oxygen atoms in total. The van der Waals surface area contributed by atoms with Crippen molar-refractivity contribution in [2.45, 2.75) is 13.0 Å². The van der Waals surface area contributed by atoms with Crippen molar-refractivity contribution in [1.29, 1.82) is 5.26 Å². The van der Waals surface area contributed by atoms with Crippen molar-refractivity contribution in [3.05, 3.63) is 30.3 Å². The molecular formula is C10H12N2O3. The average Bonchev–Trinajstić information content (AvgIpc) is 2.20. The second-order valence-corrected chi connectivity index (χ2v) is 2.54. The van der Waals surface area contributed by atoms with Gasteiger partial charge in [0.1, 0.15) is 5.75 Å². The number of nitriles is 1. The predicted octanol–water partition coefficient (Wildman–Crippen LogP) is 0.965. The summed E-state index contributed by atoms with van der Waals surface area (Å²) in [5.41, 5.74) is 4.15. The zero-order valence-corrected chi connectivity index (χ0v) is 8.25. The van der Waals surface area contributed by atoms with Gasteiger partial charge in [-0.1, -0.05) is 18.2 Å². The summed E-state index contributed by atoms with van der Waals surface area (Å²) in [6.45, 7) is 1.50. The molecule has 0 aliphatic rings. The lowest BCUT2D eigenvalue weighted by Gasteiger charge is -2.09. The summed E-state index contributed by atoms with van der Waals surface area (Å²) < 4.78 is 5.08. The van der Waals surface area contributed by atoms with Crippen LogP contribution in [0.3, 0.4) is 0 Å². The van der Waals surface area contributed by atoms with Crippen LogP contribution in [0.25, 0.3) is 0 Å². The molecule has 1 aromatic carbocycles. The molecule has 0 bridgehead atoms. The van der Waals surface area contributed by atoms with Crippen molar-refractivity contribution < 1.29 is 14.6 Å². The summed E-state index contributed by atoms with van der Waals surface area (Å²) in [6.07, 6.45) is 0.451. The highest BCUT2D eigenvalue weighted by Gasteiger charge is 2.11. The van der Waals surface area contributed by atoms with Gasteiger partial charge >= 0.3 is 5.97 Å². The van der Waals surface area contributed by atoms with E-state index in [9.17, 15) is 4.79 Å². The Bertz CT molecular complexity index is 332. The van der Waals surface area contributed by atoms with Crippen LogP contribution in [0.5, 0.6) is 5.75 Å². The van der Waals surface area contributed by atoms with Gasteiger partial charge in [0, 0.05) is 0 Å². The first-order valence-electron chi connectivity index (χ1n) is 4.16. The first-order chi connectivity index (χ1) is 7.11. The predicted molar refractivity (Wildman–Crippen MR) is 54.0 cm³/mol. The van der Waals surface area contributed by atoms with E-state index in [0.717, 1.165) is 0 Å². The number of carboxylic acid groups (broad SMARTS) is 1. The Kier molecular flexibility index (Phi) is 6.14. The fraction of sp³-hybridized carbons (Fsp3) is 0.200. The van der Waals surface area contributed by atoms with Crippen molar-refractivity contribution in [3.8, 4) is 11.9 Å². The molecule has 1 unspecified atom stereocenters. The summed E-state index contributed by atoms with van der Waals surface area (Å²) >= 11 is 0. The van der Waals surface area contributed by atoms with Crippen molar-refractivity contribution in [2.75, 3.05) is 0 Å². The van der Waals surface area contributed by atoms with Gasteiger partial charge in [-0.15, -0.1) is 0 Å². The molecule has 0 spiro atoms. The van der Waals surface area contributed by atoms with Crippen LogP contribution in [0.15, 0.2) is 30.3 Å². The summed E-state index contributed by atoms with van der Waals surface area (Å²) in [5.74, 6) is -0.383. The van der Waals surface area contributed by atoms with Crippen LogP contribution in [0.1, 0.15) is 6.92 Å².